The van der Waals surface area contributed by atoms with E-state index < -0.39 is 0 Å². The Bertz CT molecular complexity index is 466. The highest BCUT2D eigenvalue weighted by atomic mass is 35.5. The van der Waals surface area contributed by atoms with E-state index in [4.69, 9.17) is 22.2 Å². The number of methoxy groups -OCH3 is 1. The first-order valence-electron chi connectivity index (χ1n) is 7.66. The third-order valence-corrected chi connectivity index (χ3v) is 5.26. The summed E-state index contributed by atoms with van der Waals surface area (Å²) >= 11 is 6.08. The molecular weight excluding hydrogens is 284 g/mol. The van der Waals surface area contributed by atoms with Crippen LogP contribution in [0.25, 0.3) is 0 Å². The molecule has 1 aliphatic carbocycles. The Morgan fingerprint density at radius 3 is 2.48 bits per heavy atom. The number of benzene rings is 1. The molecule has 1 unspecified atom stereocenters. The van der Waals surface area contributed by atoms with Crippen molar-refractivity contribution >= 4 is 11.6 Å². The summed E-state index contributed by atoms with van der Waals surface area (Å²) in [6, 6.07) is 8.06. The van der Waals surface area contributed by atoms with Gasteiger partial charge in [0.15, 0.2) is 0 Å². The first kappa shape index (κ1) is 16.8. The molecule has 0 aliphatic heterocycles. The molecule has 1 saturated carbocycles. The molecule has 4 heteroatoms. The largest absolute Gasteiger partial charge is 0.377 e. The highest BCUT2D eigenvalue weighted by Gasteiger charge is 2.43. The fraction of sp³-hybridized carbons (Fsp3) is 0.647. The lowest BCUT2D eigenvalue weighted by atomic mass is 9.67. The lowest BCUT2D eigenvalue weighted by Crippen LogP contribution is -2.57. The monoisotopic (exact) mass is 310 g/mol. The van der Waals surface area contributed by atoms with Crippen molar-refractivity contribution in [3.63, 3.8) is 0 Å². The van der Waals surface area contributed by atoms with Crippen LogP contribution in [0.2, 0.25) is 5.02 Å². The van der Waals surface area contributed by atoms with Crippen LogP contribution < -0.4 is 11.3 Å². The summed E-state index contributed by atoms with van der Waals surface area (Å²) in [5.41, 5.74) is 4.39. The molecule has 1 aliphatic rings. The standard InChI is InChI=1S/C17H27ClN2O/c1-16(2)7-9-17(21-3,10-8-16)15(20-19)12-13-5-4-6-14(18)11-13/h4-6,11,15,20H,7-10,12,19H2,1-3H3. The normalized spacial score (nSPS) is 22.0. The number of hydrazine groups is 1. The smallest absolute Gasteiger partial charge is 0.0848 e. The highest BCUT2D eigenvalue weighted by Crippen LogP contribution is 2.43. The lowest BCUT2D eigenvalue weighted by molar-refractivity contribution is -0.0862. The van der Waals surface area contributed by atoms with E-state index >= 15 is 0 Å². The number of halogens is 1. The predicted octanol–water partition coefficient (Wildman–Crippen LogP) is 3.70. The second-order valence-corrected chi connectivity index (χ2v) is 7.42. The van der Waals surface area contributed by atoms with Crippen LogP contribution >= 0.6 is 11.6 Å². The van der Waals surface area contributed by atoms with Gasteiger partial charge in [0, 0.05) is 12.1 Å². The molecule has 0 radical (unpaired) electrons. The number of nitrogens with one attached hydrogen (secondary N) is 1. The summed E-state index contributed by atoms with van der Waals surface area (Å²) < 4.78 is 5.95. The molecule has 3 N–H and O–H groups in total. The maximum absolute atomic E-state index is 6.08. The summed E-state index contributed by atoms with van der Waals surface area (Å²) in [5.74, 6) is 5.85. The van der Waals surface area contributed by atoms with Crippen LogP contribution in [-0.2, 0) is 11.2 Å². The lowest BCUT2D eigenvalue weighted by Gasteiger charge is -2.47. The summed E-state index contributed by atoms with van der Waals surface area (Å²) in [6.45, 7) is 4.66. The fourth-order valence-electron chi connectivity index (χ4n) is 3.34. The van der Waals surface area contributed by atoms with Gasteiger partial charge < -0.3 is 4.74 Å². The molecule has 0 saturated heterocycles. The van der Waals surface area contributed by atoms with E-state index in [1.54, 1.807) is 7.11 Å². The van der Waals surface area contributed by atoms with E-state index in [9.17, 15) is 0 Å². The van der Waals surface area contributed by atoms with Crippen LogP contribution in [-0.4, -0.2) is 18.8 Å². The number of ether oxygens (including phenoxy) is 1. The maximum Gasteiger partial charge on any atom is 0.0848 e. The zero-order valence-corrected chi connectivity index (χ0v) is 14.0. The van der Waals surface area contributed by atoms with E-state index in [-0.39, 0.29) is 11.6 Å². The molecule has 0 amide bonds. The summed E-state index contributed by atoms with van der Waals surface area (Å²) in [6.07, 6.45) is 5.21. The van der Waals surface area contributed by atoms with Gasteiger partial charge in [0.1, 0.15) is 0 Å². The minimum atomic E-state index is -0.188. The molecule has 1 aromatic carbocycles. The van der Waals surface area contributed by atoms with Gasteiger partial charge in [-0.25, -0.2) is 0 Å². The molecule has 1 fully saturated rings. The van der Waals surface area contributed by atoms with Crippen molar-refractivity contribution in [2.45, 2.75) is 57.6 Å². The van der Waals surface area contributed by atoms with Crippen LogP contribution in [0.5, 0.6) is 0 Å². The Balaban J connectivity index is 2.14. The summed E-state index contributed by atoms with van der Waals surface area (Å²) in [4.78, 5) is 0. The van der Waals surface area contributed by atoms with Crippen molar-refractivity contribution in [1.29, 1.82) is 0 Å². The molecule has 0 spiro atoms. The SMILES string of the molecule is COC1(C(Cc2cccc(Cl)c2)NN)CCC(C)(C)CC1. The van der Waals surface area contributed by atoms with Crippen LogP contribution in [0.15, 0.2) is 24.3 Å². The molecule has 21 heavy (non-hydrogen) atoms. The van der Waals surface area contributed by atoms with Gasteiger partial charge in [-0.1, -0.05) is 37.6 Å². The molecule has 2 rings (SSSR count). The third kappa shape index (κ3) is 3.98. The third-order valence-electron chi connectivity index (χ3n) is 5.02. The van der Waals surface area contributed by atoms with Gasteiger partial charge in [-0.3, -0.25) is 11.3 Å². The first-order valence-corrected chi connectivity index (χ1v) is 8.04. The van der Waals surface area contributed by atoms with Gasteiger partial charge in [-0.2, -0.15) is 0 Å². The molecule has 1 atom stereocenters. The Hall–Kier alpha value is -0.610. The summed E-state index contributed by atoms with van der Waals surface area (Å²) in [7, 11) is 1.81. The van der Waals surface area contributed by atoms with Gasteiger partial charge in [0.2, 0.25) is 0 Å². The highest BCUT2D eigenvalue weighted by molar-refractivity contribution is 6.30. The topological polar surface area (TPSA) is 47.3 Å². The average Bonchev–Trinajstić information content (AvgIpc) is 2.46. The zero-order chi connectivity index (χ0) is 15.5. The minimum Gasteiger partial charge on any atom is -0.377 e. The van der Waals surface area contributed by atoms with E-state index in [1.165, 1.54) is 5.56 Å². The first-order chi connectivity index (χ1) is 9.91. The fourth-order valence-corrected chi connectivity index (χ4v) is 3.55. The van der Waals surface area contributed by atoms with Crippen molar-refractivity contribution in [2.24, 2.45) is 11.3 Å². The van der Waals surface area contributed by atoms with Crippen molar-refractivity contribution in [3.05, 3.63) is 34.9 Å². The second-order valence-electron chi connectivity index (χ2n) is 6.99. The molecule has 118 valence electrons. The summed E-state index contributed by atoms with van der Waals surface area (Å²) in [5, 5.41) is 0.763. The van der Waals surface area contributed by atoms with Gasteiger partial charge in [0.05, 0.1) is 11.6 Å². The molecular formula is C17H27ClN2O. The van der Waals surface area contributed by atoms with Crippen LogP contribution in [0.1, 0.15) is 45.1 Å². The maximum atomic E-state index is 6.08. The quantitative estimate of drug-likeness (QED) is 0.644. The number of rotatable bonds is 5. The van der Waals surface area contributed by atoms with Crippen LogP contribution in [0.3, 0.4) is 0 Å². The van der Waals surface area contributed by atoms with Gasteiger partial charge in [-0.05, 0) is 55.2 Å². The number of nitrogens with two attached hydrogens (primary N) is 1. The molecule has 0 bridgehead atoms. The Morgan fingerprint density at radius 2 is 1.95 bits per heavy atom. The van der Waals surface area contributed by atoms with Crippen molar-refractivity contribution in [3.8, 4) is 0 Å². The van der Waals surface area contributed by atoms with E-state index in [1.807, 2.05) is 18.2 Å². The average molecular weight is 311 g/mol. The van der Waals surface area contributed by atoms with Gasteiger partial charge in [-0.15, -0.1) is 0 Å². The van der Waals surface area contributed by atoms with E-state index in [0.29, 0.717) is 5.41 Å². The van der Waals surface area contributed by atoms with Crippen molar-refractivity contribution in [1.82, 2.24) is 5.43 Å². The predicted molar refractivity (Wildman–Crippen MR) is 88.3 cm³/mol. The molecule has 0 aromatic heterocycles. The Kier molecular flexibility index (Phi) is 5.31. The molecule has 1 aromatic rings. The van der Waals surface area contributed by atoms with Crippen molar-refractivity contribution in [2.75, 3.05) is 7.11 Å². The minimum absolute atomic E-state index is 0.0945. The van der Waals surface area contributed by atoms with Gasteiger partial charge >= 0.3 is 0 Å². The number of hydrogen-bond donors (Lipinski definition) is 2. The van der Waals surface area contributed by atoms with E-state index in [0.717, 1.165) is 37.1 Å². The number of hydrogen-bond acceptors (Lipinski definition) is 3. The molecule has 3 nitrogen and oxygen atoms in total. The van der Waals surface area contributed by atoms with Crippen molar-refractivity contribution < 1.29 is 4.74 Å². The Morgan fingerprint density at radius 1 is 1.29 bits per heavy atom. The van der Waals surface area contributed by atoms with Crippen LogP contribution in [0, 0.1) is 5.41 Å². The zero-order valence-electron chi connectivity index (χ0n) is 13.3. The molecule has 0 heterocycles. The van der Waals surface area contributed by atoms with Crippen LogP contribution in [0.4, 0.5) is 0 Å². The second kappa shape index (κ2) is 6.66. The Labute approximate surface area is 133 Å². The van der Waals surface area contributed by atoms with Gasteiger partial charge in [0.25, 0.3) is 0 Å². The van der Waals surface area contributed by atoms with E-state index in [2.05, 4.69) is 25.3 Å².